The van der Waals surface area contributed by atoms with E-state index in [1.54, 1.807) is 12.1 Å². The first kappa shape index (κ1) is 19.5. The molecule has 4 rings (SSSR count). The highest BCUT2D eigenvalue weighted by molar-refractivity contribution is 7.10. The number of nitro groups is 2. The SMILES string of the molecule is O=C1c2cc([N+](=O)[O-])ccc2OCC1Cc1sccc1Nc1ccc([N+](=O)[O-])cc1. The number of anilines is 2. The number of nitro benzene ring substituents is 2. The normalized spacial score (nSPS) is 15.2. The summed E-state index contributed by atoms with van der Waals surface area (Å²) in [6, 6.07) is 12.0. The van der Waals surface area contributed by atoms with Crippen molar-refractivity contribution in [3.05, 3.63) is 84.6 Å². The minimum absolute atomic E-state index is 0.00352. The summed E-state index contributed by atoms with van der Waals surface area (Å²) in [6.07, 6.45) is 0.411. The van der Waals surface area contributed by atoms with Crippen LogP contribution in [0.25, 0.3) is 0 Å². The molecule has 1 N–H and O–H groups in total. The van der Waals surface area contributed by atoms with Gasteiger partial charge in [-0.25, -0.2) is 0 Å². The smallest absolute Gasteiger partial charge is 0.270 e. The lowest BCUT2D eigenvalue weighted by atomic mass is 9.91. The van der Waals surface area contributed by atoms with Crippen LogP contribution in [0, 0.1) is 26.1 Å². The summed E-state index contributed by atoms with van der Waals surface area (Å²) in [5.41, 5.74) is 1.56. The van der Waals surface area contributed by atoms with Crippen molar-refractivity contribution in [1.82, 2.24) is 0 Å². The monoisotopic (exact) mass is 425 g/mol. The Labute approximate surface area is 174 Å². The maximum Gasteiger partial charge on any atom is 0.270 e. The Kier molecular flexibility index (Phi) is 5.15. The number of hydrogen-bond acceptors (Lipinski definition) is 8. The second kappa shape index (κ2) is 7.91. The van der Waals surface area contributed by atoms with Crippen molar-refractivity contribution in [3.63, 3.8) is 0 Å². The Hall–Kier alpha value is -3.79. The molecular formula is C20H15N3O6S. The first-order valence-corrected chi connectivity index (χ1v) is 9.83. The third-order valence-corrected chi connectivity index (χ3v) is 5.73. The van der Waals surface area contributed by atoms with E-state index >= 15 is 0 Å². The Morgan fingerprint density at radius 2 is 1.73 bits per heavy atom. The number of hydrogen-bond donors (Lipinski definition) is 1. The van der Waals surface area contributed by atoms with Gasteiger partial charge in [-0.15, -0.1) is 11.3 Å². The summed E-state index contributed by atoms with van der Waals surface area (Å²) in [7, 11) is 0. The zero-order valence-electron chi connectivity index (χ0n) is 15.4. The van der Waals surface area contributed by atoms with E-state index < -0.39 is 15.8 Å². The third kappa shape index (κ3) is 3.85. The lowest BCUT2D eigenvalue weighted by molar-refractivity contribution is -0.385. The topological polar surface area (TPSA) is 125 Å². The van der Waals surface area contributed by atoms with Crippen LogP contribution in [0.5, 0.6) is 5.75 Å². The number of nitrogens with one attached hydrogen (secondary N) is 1. The second-order valence-corrected chi connectivity index (χ2v) is 7.70. The van der Waals surface area contributed by atoms with Crippen molar-refractivity contribution >= 4 is 39.9 Å². The Morgan fingerprint density at radius 1 is 1.03 bits per heavy atom. The zero-order chi connectivity index (χ0) is 21.3. The van der Waals surface area contributed by atoms with Crippen LogP contribution < -0.4 is 10.1 Å². The summed E-state index contributed by atoms with van der Waals surface area (Å²) in [5, 5.41) is 26.9. The van der Waals surface area contributed by atoms with Crippen molar-refractivity contribution in [2.45, 2.75) is 6.42 Å². The molecule has 0 bridgehead atoms. The van der Waals surface area contributed by atoms with Gasteiger partial charge in [0.05, 0.1) is 33.6 Å². The van der Waals surface area contributed by atoms with Crippen molar-refractivity contribution < 1.29 is 19.4 Å². The van der Waals surface area contributed by atoms with E-state index in [-0.39, 0.29) is 29.3 Å². The van der Waals surface area contributed by atoms with E-state index in [4.69, 9.17) is 4.74 Å². The molecule has 0 fully saturated rings. The number of carbonyl (C=O) groups excluding carboxylic acids is 1. The molecule has 1 aliphatic heterocycles. The van der Waals surface area contributed by atoms with Gasteiger partial charge < -0.3 is 10.1 Å². The van der Waals surface area contributed by atoms with E-state index in [9.17, 15) is 25.0 Å². The molecule has 2 heterocycles. The fourth-order valence-corrected chi connectivity index (χ4v) is 4.16. The van der Waals surface area contributed by atoms with Gasteiger partial charge in [-0.1, -0.05) is 0 Å². The summed E-state index contributed by atoms with van der Waals surface area (Å²) >= 11 is 1.48. The lowest BCUT2D eigenvalue weighted by Crippen LogP contribution is -2.29. The Morgan fingerprint density at radius 3 is 2.43 bits per heavy atom. The molecule has 1 aliphatic rings. The molecule has 2 aromatic carbocycles. The molecule has 0 aliphatic carbocycles. The number of carbonyl (C=O) groups is 1. The quantitative estimate of drug-likeness (QED) is 0.446. The highest BCUT2D eigenvalue weighted by Crippen LogP contribution is 2.35. The summed E-state index contributed by atoms with van der Waals surface area (Å²) in [6.45, 7) is 0.193. The number of ether oxygens (including phenoxy) is 1. The van der Waals surface area contributed by atoms with Gasteiger partial charge in [0.2, 0.25) is 0 Å². The van der Waals surface area contributed by atoms with E-state index in [1.807, 2.05) is 11.4 Å². The van der Waals surface area contributed by atoms with Crippen LogP contribution >= 0.6 is 11.3 Å². The van der Waals surface area contributed by atoms with Crippen LogP contribution in [0.3, 0.4) is 0 Å². The number of rotatable bonds is 6. The van der Waals surface area contributed by atoms with Crippen molar-refractivity contribution in [1.29, 1.82) is 0 Å². The number of nitrogens with zero attached hydrogens (tertiary/aromatic N) is 2. The number of ketones is 1. The fourth-order valence-electron chi connectivity index (χ4n) is 3.24. The van der Waals surface area contributed by atoms with Gasteiger partial charge >= 0.3 is 0 Å². The zero-order valence-corrected chi connectivity index (χ0v) is 16.3. The van der Waals surface area contributed by atoms with Crippen LogP contribution in [0.1, 0.15) is 15.2 Å². The number of Topliss-reactive ketones (excluding diaryl/α,β-unsaturated/α-hetero) is 1. The number of thiophene rings is 1. The summed E-state index contributed by atoms with van der Waals surface area (Å²) in [4.78, 5) is 34.6. The Bertz CT molecular complexity index is 1140. The predicted molar refractivity (Wildman–Crippen MR) is 111 cm³/mol. The van der Waals surface area contributed by atoms with Crippen LogP contribution in [0.4, 0.5) is 22.7 Å². The predicted octanol–water partition coefficient (Wildman–Crippen LogP) is 4.74. The van der Waals surface area contributed by atoms with Gasteiger partial charge in [-0.3, -0.25) is 25.0 Å². The van der Waals surface area contributed by atoms with E-state index in [0.717, 1.165) is 10.6 Å². The average Bonchev–Trinajstić information content (AvgIpc) is 3.16. The number of benzene rings is 2. The number of non-ortho nitro benzene ring substituents is 2. The third-order valence-electron chi connectivity index (χ3n) is 4.78. The van der Waals surface area contributed by atoms with Gasteiger partial charge in [0.15, 0.2) is 5.78 Å². The second-order valence-electron chi connectivity index (χ2n) is 6.70. The summed E-state index contributed by atoms with van der Waals surface area (Å²) in [5.74, 6) is -0.289. The molecule has 3 aromatic rings. The molecule has 1 aromatic heterocycles. The van der Waals surface area contributed by atoms with Gasteiger partial charge in [0.25, 0.3) is 11.4 Å². The van der Waals surface area contributed by atoms with Crippen LogP contribution in [-0.2, 0) is 6.42 Å². The highest BCUT2D eigenvalue weighted by atomic mass is 32.1. The molecule has 0 amide bonds. The molecule has 30 heavy (non-hydrogen) atoms. The molecule has 0 radical (unpaired) electrons. The van der Waals surface area contributed by atoms with Crippen LogP contribution in [0.15, 0.2) is 53.9 Å². The van der Waals surface area contributed by atoms with Gasteiger partial charge in [-0.2, -0.15) is 0 Å². The maximum absolute atomic E-state index is 12.9. The van der Waals surface area contributed by atoms with Gasteiger partial charge in [-0.05, 0) is 36.1 Å². The summed E-state index contributed by atoms with van der Waals surface area (Å²) < 4.78 is 5.66. The molecule has 10 heteroatoms. The highest BCUT2D eigenvalue weighted by Gasteiger charge is 2.31. The molecule has 152 valence electrons. The largest absolute Gasteiger partial charge is 0.492 e. The first-order valence-electron chi connectivity index (χ1n) is 8.95. The van der Waals surface area contributed by atoms with Gasteiger partial charge in [0.1, 0.15) is 5.75 Å². The maximum atomic E-state index is 12.9. The van der Waals surface area contributed by atoms with Crippen molar-refractivity contribution in [3.8, 4) is 5.75 Å². The van der Waals surface area contributed by atoms with Crippen LogP contribution in [-0.4, -0.2) is 22.2 Å². The molecule has 0 saturated carbocycles. The van der Waals surface area contributed by atoms with Crippen molar-refractivity contribution in [2.75, 3.05) is 11.9 Å². The van der Waals surface area contributed by atoms with Crippen LogP contribution in [0.2, 0.25) is 0 Å². The van der Waals surface area contributed by atoms with E-state index in [0.29, 0.717) is 17.9 Å². The molecule has 1 unspecified atom stereocenters. The average molecular weight is 425 g/mol. The molecule has 1 atom stereocenters. The fraction of sp³-hybridized carbons (Fsp3) is 0.150. The molecular weight excluding hydrogens is 410 g/mol. The molecule has 0 saturated heterocycles. The minimum Gasteiger partial charge on any atom is -0.492 e. The lowest BCUT2D eigenvalue weighted by Gasteiger charge is -2.24. The first-order chi connectivity index (χ1) is 14.4. The number of fused-ring (bicyclic) bond motifs is 1. The Balaban J connectivity index is 1.51. The standard InChI is InChI=1S/C20H15N3O6S/c24-20-12(11-29-18-6-5-15(23(27)28)10-16(18)20)9-19-17(7-8-30-19)21-13-1-3-14(4-2-13)22(25)26/h1-8,10,12,21H,9,11H2. The van der Waals surface area contributed by atoms with E-state index in [2.05, 4.69) is 5.32 Å². The van der Waals surface area contributed by atoms with Gasteiger partial charge in [0, 0.05) is 34.8 Å². The van der Waals surface area contributed by atoms with E-state index in [1.165, 1.54) is 41.7 Å². The minimum atomic E-state index is -0.539. The van der Waals surface area contributed by atoms with Crippen molar-refractivity contribution in [2.24, 2.45) is 5.92 Å². The molecule has 0 spiro atoms. The molecule has 9 nitrogen and oxygen atoms in total.